The minimum Gasteiger partial charge on any atom is -0.492 e. The predicted molar refractivity (Wildman–Crippen MR) is 110 cm³/mol. The molecule has 1 aromatic heterocycles. The van der Waals surface area contributed by atoms with Crippen LogP contribution in [0.25, 0.3) is 22.3 Å². The van der Waals surface area contributed by atoms with Gasteiger partial charge in [-0.25, -0.2) is 0 Å². The predicted octanol–water partition coefficient (Wildman–Crippen LogP) is 5.37. The summed E-state index contributed by atoms with van der Waals surface area (Å²) in [5.74, 6) is 0.0873. The molecule has 1 heterocycles. The van der Waals surface area contributed by atoms with Gasteiger partial charge in [0.15, 0.2) is 11.0 Å². The number of halogens is 2. The molecular formula is C21H16BrClO5. The molecule has 0 atom stereocenters. The fraction of sp³-hybridized carbons (Fsp3) is 0.238. The zero-order valence-electron chi connectivity index (χ0n) is 14.7. The van der Waals surface area contributed by atoms with Gasteiger partial charge < -0.3 is 14.3 Å². The molecule has 0 unspecified atom stereocenters. The van der Waals surface area contributed by atoms with Gasteiger partial charge in [0.05, 0.1) is 28.5 Å². The van der Waals surface area contributed by atoms with Crippen LogP contribution in [0.15, 0.2) is 56.1 Å². The van der Waals surface area contributed by atoms with E-state index in [-0.39, 0.29) is 17.3 Å². The molecule has 1 N–H and O–H groups in total. The summed E-state index contributed by atoms with van der Waals surface area (Å²) in [5, 5.41) is 9.79. The second-order valence-electron chi connectivity index (χ2n) is 6.92. The molecule has 28 heavy (non-hydrogen) atoms. The van der Waals surface area contributed by atoms with Crippen LogP contribution in [0.5, 0.6) is 5.75 Å². The van der Waals surface area contributed by atoms with E-state index in [1.165, 1.54) is 6.07 Å². The Hall–Kier alpha value is -2.31. The van der Waals surface area contributed by atoms with Gasteiger partial charge in [0.1, 0.15) is 11.5 Å². The first-order valence-corrected chi connectivity index (χ1v) is 9.97. The lowest BCUT2D eigenvalue weighted by molar-refractivity contribution is -0.146. The van der Waals surface area contributed by atoms with E-state index in [0.717, 1.165) is 4.47 Å². The van der Waals surface area contributed by atoms with Crippen LogP contribution in [0.2, 0.25) is 5.02 Å². The third kappa shape index (κ3) is 3.66. The van der Waals surface area contributed by atoms with Crippen molar-refractivity contribution >= 4 is 44.5 Å². The topological polar surface area (TPSA) is 76.7 Å². The monoisotopic (exact) mass is 462 g/mol. The Bertz CT molecular complexity index is 1120. The summed E-state index contributed by atoms with van der Waals surface area (Å²) in [5.41, 5.74) is 0.788. The number of carboxylic acids is 1. The van der Waals surface area contributed by atoms with Crippen LogP contribution in [0.4, 0.5) is 0 Å². The van der Waals surface area contributed by atoms with Crippen LogP contribution in [-0.2, 0) is 4.79 Å². The van der Waals surface area contributed by atoms with E-state index >= 15 is 0 Å². The molecule has 3 aromatic rings. The minimum atomic E-state index is -0.755. The first-order chi connectivity index (χ1) is 13.4. The molecule has 7 heteroatoms. The number of rotatable bonds is 5. The molecule has 1 fully saturated rings. The molecule has 1 aliphatic rings. The van der Waals surface area contributed by atoms with Crippen LogP contribution in [0.3, 0.4) is 0 Å². The molecule has 2 aromatic carbocycles. The molecule has 4 rings (SSSR count). The van der Waals surface area contributed by atoms with Crippen molar-refractivity contribution in [2.75, 3.05) is 6.61 Å². The highest BCUT2D eigenvalue weighted by atomic mass is 79.9. The normalized spacial score (nSPS) is 18.6. The Morgan fingerprint density at radius 3 is 2.79 bits per heavy atom. The van der Waals surface area contributed by atoms with Crippen LogP contribution < -0.4 is 10.2 Å². The summed E-state index contributed by atoms with van der Waals surface area (Å²) < 4.78 is 12.7. The number of carboxylic acid groups (broad SMARTS) is 1. The molecule has 0 radical (unpaired) electrons. The Morgan fingerprint density at radius 2 is 2.04 bits per heavy atom. The van der Waals surface area contributed by atoms with Crippen molar-refractivity contribution in [3.63, 3.8) is 0 Å². The Morgan fingerprint density at radius 1 is 1.25 bits per heavy atom. The van der Waals surface area contributed by atoms with Crippen molar-refractivity contribution in [1.29, 1.82) is 0 Å². The molecule has 1 saturated carbocycles. The van der Waals surface area contributed by atoms with E-state index in [1.54, 1.807) is 30.3 Å². The fourth-order valence-electron chi connectivity index (χ4n) is 3.38. The minimum absolute atomic E-state index is 0.184. The summed E-state index contributed by atoms with van der Waals surface area (Å²) >= 11 is 9.63. The third-order valence-corrected chi connectivity index (χ3v) is 5.77. The second kappa shape index (κ2) is 7.60. The molecule has 0 amide bonds. The summed E-state index contributed by atoms with van der Waals surface area (Å²) in [7, 11) is 0. The van der Waals surface area contributed by atoms with Crippen molar-refractivity contribution in [3.8, 4) is 17.1 Å². The van der Waals surface area contributed by atoms with Crippen molar-refractivity contribution in [1.82, 2.24) is 0 Å². The summed E-state index contributed by atoms with van der Waals surface area (Å²) in [4.78, 5) is 23.5. The highest BCUT2D eigenvalue weighted by Gasteiger charge is 2.34. The average molecular weight is 464 g/mol. The molecule has 0 spiro atoms. The first-order valence-electron chi connectivity index (χ1n) is 8.80. The molecule has 1 aliphatic carbocycles. The van der Waals surface area contributed by atoms with Crippen molar-refractivity contribution in [2.24, 2.45) is 11.8 Å². The lowest BCUT2D eigenvalue weighted by Crippen LogP contribution is -2.33. The van der Waals surface area contributed by atoms with E-state index in [1.807, 2.05) is 6.07 Å². The van der Waals surface area contributed by atoms with Crippen molar-refractivity contribution in [2.45, 2.75) is 12.8 Å². The van der Waals surface area contributed by atoms with Crippen molar-refractivity contribution < 1.29 is 19.1 Å². The molecule has 0 saturated heterocycles. The maximum absolute atomic E-state index is 12.5. The van der Waals surface area contributed by atoms with Gasteiger partial charge in [-0.05, 0) is 49.1 Å². The Balaban J connectivity index is 1.65. The maximum Gasteiger partial charge on any atom is 0.306 e. The number of benzene rings is 2. The van der Waals surface area contributed by atoms with Gasteiger partial charge >= 0.3 is 5.97 Å². The second-order valence-corrected chi connectivity index (χ2v) is 8.24. The Kier molecular flexibility index (Phi) is 5.17. The van der Waals surface area contributed by atoms with E-state index in [0.29, 0.717) is 52.5 Å². The quantitative estimate of drug-likeness (QED) is 0.551. The number of hydrogen-bond acceptors (Lipinski definition) is 4. The molecule has 5 nitrogen and oxygen atoms in total. The van der Waals surface area contributed by atoms with Gasteiger partial charge in [-0.15, -0.1) is 0 Å². The maximum atomic E-state index is 12.5. The molecular weight excluding hydrogens is 448 g/mol. The lowest BCUT2D eigenvalue weighted by Gasteiger charge is -2.32. The first kappa shape index (κ1) is 19.0. The zero-order valence-corrected chi connectivity index (χ0v) is 17.0. The van der Waals surface area contributed by atoms with Gasteiger partial charge in [-0.2, -0.15) is 0 Å². The molecule has 0 bridgehead atoms. The van der Waals surface area contributed by atoms with Gasteiger partial charge in [0, 0.05) is 10.5 Å². The van der Waals surface area contributed by atoms with Gasteiger partial charge in [-0.3, -0.25) is 9.59 Å². The van der Waals surface area contributed by atoms with Crippen molar-refractivity contribution in [3.05, 3.63) is 62.2 Å². The smallest absolute Gasteiger partial charge is 0.306 e. The number of ether oxygens (including phenoxy) is 1. The van der Waals surface area contributed by atoms with E-state index < -0.39 is 5.97 Å². The lowest BCUT2D eigenvalue weighted by atomic mass is 9.75. The highest BCUT2D eigenvalue weighted by molar-refractivity contribution is 9.10. The van der Waals surface area contributed by atoms with Crippen LogP contribution in [0, 0.1) is 11.8 Å². The number of hydrogen-bond donors (Lipinski definition) is 1. The number of para-hydroxylation sites is 1. The SMILES string of the molecule is O=c1cc(-c2ccc(Br)cc2OC[C@H]2C[C@H](C(=O)O)C2)oc2c(Cl)cccc12. The van der Waals surface area contributed by atoms with Crippen LogP contribution in [0.1, 0.15) is 12.8 Å². The van der Waals surface area contributed by atoms with Gasteiger partial charge in [0.25, 0.3) is 0 Å². The van der Waals surface area contributed by atoms with E-state index in [4.69, 9.17) is 25.9 Å². The van der Waals surface area contributed by atoms with Gasteiger partial charge in [0.2, 0.25) is 0 Å². The largest absolute Gasteiger partial charge is 0.492 e. The van der Waals surface area contributed by atoms with Gasteiger partial charge in [-0.1, -0.05) is 33.6 Å². The number of fused-ring (bicyclic) bond motifs is 1. The number of carbonyl (C=O) groups is 1. The summed E-state index contributed by atoms with van der Waals surface area (Å²) in [6.45, 7) is 0.409. The molecule has 144 valence electrons. The molecule has 0 aliphatic heterocycles. The average Bonchev–Trinajstić information content (AvgIpc) is 2.61. The highest BCUT2D eigenvalue weighted by Crippen LogP contribution is 2.38. The van der Waals surface area contributed by atoms with Crippen LogP contribution >= 0.6 is 27.5 Å². The third-order valence-electron chi connectivity index (χ3n) is 4.98. The number of aliphatic carboxylic acids is 1. The van der Waals surface area contributed by atoms with Crippen LogP contribution in [-0.4, -0.2) is 17.7 Å². The standard InChI is InChI=1S/C21H16BrClO5/c22-13-4-5-15(18(8-13)27-10-11-6-12(7-11)21(25)26)19-9-17(24)14-2-1-3-16(23)20(14)28-19/h1-5,8-9,11-12H,6-7,10H2,(H,25,26)/t11-,12-. The summed E-state index contributed by atoms with van der Waals surface area (Å²) in [6, 6.07) is 11.9. The summed E-state index contributed by atoms with van der Waals surface area (Å²) in [6.07, 6.45) is 1.22. The Labute approximate surface area is 174 Å². The fourth-order valence-corrected chi connectivity index (χ4v) is 3.93. The van der Waals surface area contributed by atoms with E-state index in [2.05, 4.69) is 15.9 Å². The van der Waals surface area contributed by atoms with E-state index in [9.17, 15) is 9.59 Å². The zero-order chi connectivity index (χ0) is 19.8.